The third-order valence-electron chi connectivity index (χ3n) is 11.1. The molecule has 0 atom stereocenters. The van der Waals surface area contributed by atoms with Crippen molar-refractivity contribution in [2.24, 2.45) is 0 Å². The lowest BCUT2D eigenvalue weighted by Crippen LogP contribution is -2.00. The second-order valence-corrected chi connectivity index (χ2v) is 14.4. The van der Waals surface area contributed by atoms with Crippen LogP contribution in [0.4, 0.5) is 0 Å². The number of para-hydroxylation sites is 3. The molecule has 0 N–H and O–H groups in total. The fourth-order valence-electron chi connectivity index (χ4n) is 8.50. The van der Waals surface area contributed by atoms with Gasteiger partial charge in [-0.2, -0.15) is 0 Å². The Bertz CT molecular complexity index is 3530. The molecule has 0 aliphatic heterocycles. The van der Waals surface area contributed by atoms with Crippen molar-refractivity contribution in [3.63, 3.8) is 0 Å². The maximum atomic E-state index is 6.63. The largest absolute Gasteiger partial charge is 0.456 e. The predicted octanol–water partition coefficient (Wildman–Crippen LogP) is 13.4. The molecule has 0 saturated heterocycles. The van der Waals surface area contributed by atoms with Crippen molar-refractivity contribution in [2.45, 2.75) is 0 Å². The van der Waals surface area contributed by atoms with Crippen molar-refractivity contribution < 1.29 is 8.83 Å². The number of rotatable bonds is 5. The van der Waals surface area contributed by atoms with E-state index in [4.69, 9.17) is 23.8 Å². The molecule has 8 aromatic carbocycles. The van der Waals surface area contributed by atoms with E-state index in [2.05, 4.69) is 120 Å². The fraction of sp³-hybridized carbons (Fsp3) is 0. The molecule has 0 radical (unpaired) electrons. The SMILES string of the molecule is c1ccc(-c2nc(-c3ccc4c(c3)oc3cccc(-c5ccc6c(c5)c5ccccc5n6-c5ccccc5)c34)nc(-c3cccc4oc5ccccc5c34)n2)cc1. The van der Waals surface area contributed by atoms with Gasteiger partial charge in [0.15, 0.2) is 17.5 Å². The summed E-state index contributed by atoms with van der Waals surface area (Å²) in [4.78, 5) is 15.2. The Hall–Kier alpha value is -7.83. The number of furan rings is 2. The molecule has 12 rings (SSSR count). The van der Waals surface area contributed by atoms with E-state index < -0.39 is 0 Å². The first-order valence-electron chi connectivity index (χ1n) is 19.0. The van der Waals surface area contributed by atoms with Crippen LogP contribution in [0.2, 0.25) is 0 Å². The van der Waals surface area contributed by atoms with E-state index in [0.29, 0.717) is 17.5 Å². The van der Waals surface area contributed by atoms with Gasteiger partial charge >= 0.3 is 0 Å². The van der Waals surface area contributed by atoms with Gasteiger partial charge in [0.1, 0.15) is 22.3 Å². The maximum absolute atomic E-state index is 6.63. The molecule has 57 heavy (non-hydrogen) atoms. The van der Waals surface area contributed by atoms with Gasteiger partial charge in [0.25, 0.3) is 0 Å². The summed E-state index contributed by atoms with van der Waals surface area (Å²) in [6.45, 7) is 0. The van der Waals surface area contributed by atoms with Crippen LogP contribution in [-0.2, 0) is 0 Å². The summed E-state index contributed by atoms with van der Waals surface area (Å²) in [5.74, 6) is 1.73. The number of nitrogens with zero attached hydrogens (tertiary/aromatic N) is 4. The average Bonchev–Trinajstić information content (AvgIpc) is 3.96. The van der Waals surface area contributed by atoms with E-state index in [1.807, 2.05) is 66.7 Å². The Balaban J connectivity index is 1.02. The van der Waals surface area contributed by atoms with Crippen LogP contribution in [0.15, 0.2) is 191 Å². The summed E-state index contributed by atoms with van der Waals surface area (Å²) in [6.07, 6.45) is 0. The third-order valence-corrected chi connectivity index (χ3v) is 11.1. The summed E-state index contributed by atoms with van der Waals surface area (Å²) >= 11 is 0. The van der Waals surface area contributed by atoms with Crippen LogP contribution in [0.5, 0.6) is 0 Å². The Morgan fingerprint density at radius 3 is 1.74 bits per heavy atom. The first kappa shape index (κ1) is 31.5. The number of hydrogen-bond acceptors (Lipinski definition) is 5. The standard InChI is InChI=1S/C51H30N4O2/c1-3-13-31(14-4-1)49-52-50(54-51(53-49)39-20-12-24-45-48(39)37-18-8-10-22-43(37)56-45)33-25-27-38-46(30-33)57-44-23-11-19-35(47(38)44)32-26-28-42-40(29-32)36-17-7-9-21-41(36)55(42)34-15-5-2-6-16-34/h1-30H. The average molecular weight is 731 g/mol. The normalized spacial score (nSPS) is 11.9. The summed E-state index contributed by atoms with van der Waals surface area (Å²) < 4.78 is 15.2. The Morgan fingerprint density at radius 2 is 0.912 bits per heavy atom. The summed E-state index contributed by atoms with van der Waals surface area (Å²) in [6, 6.07) is 62.7. The molecule has 0 spiro atoms. The second-order valence-electron chi connectivity index (χ2n) is 14.4. The topological polar surface area (TPSA) is 69.9 Å². The highest BCUT2D eigenvalue weighted by molar-refractivity contribution is 6.16. The molecule has 266 valence electrons. The van der Waals surface area contributed by atoms with Crippen LogP contribution in [-0.4, -0.2) is 19.5 Å². The third kappa shape index (κ3) is 4.94. The van der Waals surface area contributed by atoms with Gasteiger partial charge in [-0.3, -0.25) is 0 Å². The Labute approximate surface area is 325 Å². The smallest absolute Gasteiger partial charge is 0.164 e. The highest BCUT2D eigenvalue weighted by Gasteiger charge is 2.20. The predicted molar refractivity (Wildman–Crippen MR) is 230 cm³/mol. The zero-order chi connectivity index (χ0) is 37.5. The lowest BCUT2D eigenvalue weighted by Gasteiger charge is -2.09. The molecule has 0 unspecified atom stereocenters. The lowest BCUT2D eigenvalue weighted by atomic mass is 9.97. The van der Waals surface area contributed by atoms with Gasteiger partial charge in [-0.15, -0.1) is 0 Å². The van der Waals surface area contributed by atoms with Crippen molar-refractivity contribution in [2.75, 3.05) is 0 Å². The van der Waals surface area contributed by atoms with E-state index in [1.165, 1.54) is 21.8 Å². The van der Waals surface area contributed by atoms with Crippen molar-refractivity contribution >= 4 is 65.7 Å². The van der Waals surface area contributed by atoms with Gasteiger partial charge in [0, 0.05) is 54.7 Å². The van der Waals surface area contributed by atoms with Crippen LogP contribution in [0.3, 0.4) is 0 Å². The minimum atomic E-state index is 0.562. The van der Waals surface area contributed by atoms with E-state index in [9.17, 15) is 0 Å². The van der Waals surface area contributed by atoms with Crippen LogP contribution < -0.4 is 0 Å². The monoisotopic (exact) mass is 730 g/mol. The minimum absolute atomic E-state index is 0.562. The molecular weight excluding hydrogens is 701 g/mol. The number of fused-ring (bicyclic) bond motifs is 9. The molecular formula is C51H30N4O2. The molecule has 12 aromatic rings. The van der Waals surface area contributed by atoms with E-state index in [1.54, 1.807) is 0 Å². The maximum Gasteiger partial charge on any atom is 0.164 e. The molecule has 0 fully saturated rings. The van der Waals surface area contributed by atoms with E-state index in [-0.39, 0.29) is 0 Å². The molecule has 0 aliphatic rings. The van der Waals surface area contributed by atoms with Crippen LogP contribution in [0.25, 0.3) is 117 Å². The summed E-state index contributed by atoms with van der Waals surface area (Å²) in [7, 11) is 0. The van der Waals surface area contributed by atoms with Gasteiger partial charge in [-0.05, 0) is 71.8 Å². The van der Waals surface area contributed by atoms with Gasteiger partial charge in [0.2, 0.25) is 0 Å². The Kier molecular flexibility index (Phi) is 6.83. The molecule has 6 heteroatoms. The van der Waals surface area contributed by atoms with Crippen LogP contribution >= 0.6 is 0 Å². The first-order valence-corrected chi connectivity index (χ1v) is 19.0. The van der Waals surface area contributed by atoms with Crippen molar-refractivity contribution in [1.82, 2.24) is 19.5 Å². The molecule has 4 aromatic heterocycles. The molecule has 0 aliphatic carbocycles. The van der Waals surface area contributed by atoms with Gasteiger partial charge in [-0.25, -0.2) is 15.0 Å². The lowest BCUT2D eigenvalue weighted by molar-refractivity contribution is 0.668. The quantitative estimate of drug-likeness (QED) is 0.176. The summed E-state index contributed by atoms with van der Waals surface area (Å²) in [5.41, 5.74) is 11.6. The van der Waals surface area contributed by atoms with Crippen molar-refractivity contribution in [1.29, 1.82) is 0 Å². The van der Waals surface area contributed by atoms with Crippen molar-refractivity contribution in [3.8, 4) is 51.0 Å². The van der Waals surface area contributed by atoms with Crippen LogP contribution in [0, 0.1) is 0 Å². The Morgan fingerprint density at radius 1 is 0.333 bits per heavy atom. The highest BCUT2D eigenvalue weighted by Crippen LogP contribution is 2.41. The first-order chi connectivity index (χ1) is 28.2. The number of benzene rings is 8. The van der Waals surface area contributed by atoms with E-state index in [0.717, 1.165) is 77.4 Å². The van der Waals surface area contributed by atoms with Gasteiger partial charge in [0.05, 0.1) is 11.0 Å². The highest BCUT2D eigenvalue weighted by atomic mass is 16.3. The van der Waals surface area contributed by atoms with E-state index >= 15 is 0 Å². The number of aromatic nitrogens is 4. The zero-order valence-corrected chi connectivity index (χ0v) is 30.4. The van der Waals surface area contributed by atoms with Crippen LogP contribution in [0.1, 0.15) is 0 Å². The molecule has 0 amide bonds. The summed E-state index contributed by atoms with van der Waals surface area (Å²) in [5, 5.41) is 6.53. The molecule has 4 heterocycles. The molecule has 6 nitrogen and oxygen atoms in total. The van der Waals surface area contributed by atoms with Crippen molar-refractivity contribution in [3.05, 3.63) is 182 Å². The van der Waals surface area contributed by atoms with Gasteiger partial charge in [-0.1, -0.05) is 121 Å². The van der Waals surface area contributed by atoms with Gasteiger partial charge < -0.3 is 13.4 Å². The second kappa shape index (κ2) is 12.3. The fourth-order valence-corrected chi connectivity index (χ4v) is 8.50. The minimum Gasteiger partial charge on any atom is -0.456 e. The zero-order valence-electron chi connectivity index (χ0n) is 30.4. The molecule has 0 saturated carbocycles. The number of hydrogen-bond donors (Lipinski definition) is 0. The molecule has 0 bridgehead atoms.